The second kappa shape index (κ2) is 9.37. The summed E-state index contributed by atoms with van der Waals surface area (Å²) < 4.78 is 8.11. The van der Waals surface area contributed by atoms with Crippen LogP contribution >= 0.6 is 7.92 Å². The molecule has 2 aliphatic rings. The normalized spacial score (nSPS) is 18.7. The molecule has 2 saturated carbocycles. The van der Waals surface area contributed by atoms with Gasteiger partial charge in [-0.2, -0.15) is 0 Å². The Kier molecular flexibility index (Phi) is 6.37. The number of ether oxygens (including phenoxy) is 1. The maximum Gasteiger partial charge on any atom is 0.119 e. The van der Waals surface area contributed by atoms with Gasteiger partial charge in [-0.25, -0.2) is 0 Å². The van der Waals surface area contributed by atoms with E-state index in [1.54, 1.807) is 12.4 Å². The number of rotatable bonds is 5. The molecule has 5 rings (SSSR count). The summed E-state index contributed by atoms with van der Waals surface area (Å²) in [5.74, 6) is 0.978. The van der Waals surface area contributed by atoms with E-state index in [9.17, 15) is 0 Å². The lowest BCUT2D eigenvalue weighted by Gasteiger charge is -2.39. The monoisotopic (exact) mass is 433 g/mol. The van der Waals surface area contributed by atoms with Crippen LogP contribution in [0.4, 0.5) is 0 Å². The molecule has 3 aromatic rings. The molecule has 0 aliphatic heterocycles. The van der Waals surface area contributed by atoms with Crippen LogP contribution in [0.15, 0.2) is 48.5 Å². The Bertz CT molecular complexity index is 1010. The Hall–Kier alpha value is -1.79. The third-order valence-electron chi connectivity index (χ3n) is 7.65. The van der Waals surface area contributed by atoms with Crippen molar-refractivity contribution in [3.05, 3.63) is 48.5 Å². The van der Waals surface area contributed by atoms with Crippen LogP contribution in [0.2, 0.25) is 0 Å². The van der Waals surface area contributed by atoms with Crippen LogP contribution in [0.1, 0.15) is 64.2 Å². The first-order valence-corrected chi connectivity index (χ1v) is 13.8. The van der Waals surface area contributed by atoms with Gasteiger partial charge in [0.05, 0.1) is 7.11 Å². The lowest BCUT2D eigenvalue weighted by Crippen LogP contribution is -2.27. The zero-order valence-electron chi connectivity index (χ0n) is 19.1. The lowest BCUT2D eigenvalue weighted by molar-refractivity contribution is 0.415. The predicted octanol–water partition coefficient (Wildman–Crippen LogP) is 7.63. The number of aryl methyl sites for hydroxylation is 1. The van der Waals surface area contributed by atoms with Crippen molar-refractivity contribution < 1.29 is 4.74 Å². The average molecular weight is 434 g/mol. The predicted molar refractivity (Wildman–Crippen MR) is 135 cm³/mol. The molecule has 0 unspecified atom stereocenters. The fraction of sp³-hybridized carbons (Fsp3) is 0.500. The van der Waals surface area contributed by atoms with E-state index in [-0.39, 0.29) is 7.92 Å². The number of aromatic nitrogens is 1. The van der Waals surface area contributed by atoms with Gasteiger partial charge in [-0.3, -0.25) is 0 Å². The highest BCUT2D eigenvalue weighted by Crippen LogP contribution is 2.56. The molecule has 0 amide bonds. The van der Waals surface area contributed by atoms with Crippen molar-refractivity contribution >= 4 is 24.1 Å². The number of benzene rings is 2. The van der Waals surface area contributed by atoms with Crippen LogP contribution in [0.5, 0.6) is 5.75 Å². The van der Waals surface area contributed by atoms with Crippen LogP contribution in [0.3, 0.4) is 0 Å². The highest BCUT2D eigenvalue weighted by atomic mass is 31.1. The molecule has 0 saturated heterocycles. The second-order valence-corrected chi connectivity index (χ2v) is 12.3. The molecule has 31 heavy (non-hydrogen) atoms. The first-order valence-electron chi connectivity index (χ1n) is 12.3. The van der Waals surface area contributed by atoms with Crippen molar-refractivity contribution in [3.8, 4) is 17.0 Å². The smallest absolute Gasteiger partial charge is 0.119 e. The number of hydrogen-bond donors (Lipinski definition) is 0. The average Bonchev–Trinajstić information content (AvgIpc) is 3.17. The summed E-state index contributed by atoms with van der Waals surface area (Å²) in [5.41, 5.74) is 5.86. The van der Waals surface area contributed by atoms with Gasteiger partial charge in [-0.15, -0.1) is 0 Å². The summed E-state index contributed by atoms with van der Waals surface area (Å²) in [7, 11) is 3.86. The Morgan fingerprint density at radius 2 is 1.45 bits per heavy atom. The van der Waals surface area contributed by atoms with E-state index in [1.807, 2.05) is 0 Å². The van der Waals surface area contributed by atoms with E-state index in [4.69, 9.17) is 4.74 Å². The topological polar surface area (TPSA) is 14.2 Å². The Labute approximate surface area is 188 Å². The number of methoxy groups -OCH3 is 1. The van der Waals surface area contributed by atoms with Gasteiger partial charge in [0.25, 0.3) is 0 Å². The Balaban J connectivity index is 1.66. The zero-order chi connectivity index (χ0) is 21.2. The molecule has 1 aromatic heterocycles. The molecule has 164 valence electrons. The highest BCUT2D eigenvalue weighted by Gasteiger charge is 2.34. The summed E-state index contributed by atoms with van der Waals surface area (Å²) in [6, 6.07) is 18.2. The molecule has 3 heteroatoms. The van der Waals surface area contributed by atoms with Gasteiger partial charge in [-0.05, 0) is 66.6 Å². The first-order chi connectivity index (χ1) is 15.3. The van der Waals surface area contributed by atoms with Crippen LogP contribution in [0.25, 0.3) is 22.2 Å². The van der Waals surface area contributed by atoms with Gasteiger partial charge in [0, 0.05) is 29.2 Å². The maximum absolute atomic E-state index is 5.71. The molecular formula is C28H36NOP. The number of nitrogens with zero attached hydrogens (tertiary/aromatic N) is 1. The summed E-state index contributed by atoms with van der Waals surface area (Å²) in [4.78, 5) is 0. The minimum absolute atomic E-state index is 0.164. The standard InChI is InChI=1S/C28H36NOP/c1-29-26-16-10-9-11-21(26)19-27(29)25-20-22(30-2)17-18-28(25)31(23-12-5-3-6-13-23)24-14-7-4-8-15-24/h9-11,16-20,23-24H,3-8,12-15H2,1-2H3. The summed E-state index contributed by atoms with van der Waals surface area (Å²) in [6.45, 7) is 0. The van der Waals surface area contributed by atoms with E-state index in [1.165, 1.54) is 86.4 Å². The summed E-state index contributed by atoms with van der Waals surface area (Å²) in [5, 5.41) is 2.97. The molecule has 2 aromatic carbocycles. The van der Waals surface area contributed by atoms with Crippen molar-refractivity contribution in [2.75, 3.05) is 7.11 Å². The van der Waals surface area contributed by atoms with Crippen LogP contribution in [-0.4, -0.2) is 23.0 Å². The minimum Gasteiger partial charge on any atom is -0.497 e. The second-order valence-electron chi connectivity index (χ2n) is 9.52. The van der Waals surface area contributed by atoms with E-state index in [0.717, 1.165) is 17.1 Å². The molecule has 0 bridgehead atoms. The largest absolute Gasteiger partial charge is 0.497 e. The van der Waals surface area contributed by atoms with Gasteiger partial charge < -0.3 is 9.30 Å². The Morgan fingerprint density at radius 1 is 0.806 bits per heavy atom. The highest BCUT2D eigenvalue weighted by molar-refractivity contribution is 7.67. The maximum atomic E-state index is 5.71. The quantitative estimate of drug-likeness (QED) is 0.377. The molecule has 0 spiro atoms. The molecule has 2 aliphatic carbocycles. The van der Waals surface area contributed by atoms with Crippen molar-refractivity contribution in [1.29, 1.82) is 0 Å². The van der Waals surface area contributed by atoms with Gasteiger partial charge in [0.1, 0.15) is 5.75 Å². The van der Waals surface area contributed by atoms with E-state index in [2.05, 4.69) is 60.1 Å². The minimum atomic E-state index is -0.164. The van der Waals surface area contributed by atoms with Gasteiger partial charge in [0.15, 0.2) is 0 Å². The Morgan fingerprint density at radius 3 is 2.06 bits per heavy atom. The molecule has 2 fully saturated rings. The van der Waals surface area contributed by atoms with Crippen molar-refractivity contribution in [3.63, 3.8) is 0 Å². The SMILES string of the molecule is COc1ccc(P(C2CCCCC2)C2CCCCC2)c(-c2cc3ccccc3n2C)c1. The third-order valence-corrected chi connectivity index (χ3v) is 11.2. The van der Waals surface area contributed by atoms with Gasteiger partial charge in [0.2, 0.25) is 0 Å². The fourth-order valence-corrected chi connectivity index (χ4v) is 9.96. The molecule has 0 atom stereocenters. The first kappa shape index (κ1) is 21.1. The van der Waals surface area contributed by atoms with Crippen LogP contribution < -0.4 is 10.0 Å². The third kappa shape index (κ3) is 4.17. The van der Waals surface area contributed by atoms with Crippen molar-refractivity contribution in [2.24, 2.45) is 7.05 Å². The molecule has 1 heterocycles. The van der Waals surface area contributed by atoms with Gasteiger partial charge >= 0.3 is 0 Å². The molecule has 2 nitrogen and oxygen atoms in total. The summed E-state index contributed by atoms with van der Waals surface area (Å²) >= 11 is 0. The zero-order valence-corrected chi connectivity index (χ0v) is 20.0. The number of hydrogen-bond acceptors (Lipinski definition) is 1. The van der Waals surface area contributed by atoms with Crippen LogP contribution in [0, 0.1) is 0 Å². The van der Waals surface area contributed by atoms with Gasteiger partial charge in [-0.1, -0.05) is 70.7 Å². The fourth-order valence-electron chi connectivity index (χ4n) is 6.03. The van der Waals surface area contributed by atoms with E-state index in [0.29, 0.717) is 0 Å². The number of para-hydroxylation sites is 1. The van der Waals surface area contributed by atoms with Crippen LogP contribution in [-0.2, 0) is 7.05 Å². The molecule has 0 radical (unpaired) electrons. The molecular weight excluding hydrogens is 397 g/mol. The number of fused-ring (bicyclic) bond motifs is 1. The van der Waals surface area contributed by atoms with Crippen molar-refractivity contribution in [2.45, 2.75) is 75.5 Å². The molecule has 0 N–H and O–H groups in total. The lowest BCUT2D eigenvalue weighted by atomic mass is 9.99. The van der Waals surface area contributed by atoms with Crippen molar-refractivity contribution in [1.82, 2.24) is 4.57 Å². The summed E-state index contributed by atoms with van der Waals surface area (Å²) in [6.07, 6.45) is 14.3. The van der Waals surface area contributed by atoms with E-state index < -0.39 is 0 Å². The van der Waals surface area contributed by atoms with E-state index >= 15 is 0 Å².